The molecule has 2 heterocycles. The first-order valence-corrected chi connectivity index (χ1v) is 6.71. The number of hydrogen-bond donors (Lipinski definition) is 2. The average molecular weight is 244 g/mol. The monoisotopic (exact) mass is 244 g/mol. The van der Waals surface area contributed by atoms with Crippen LogP contribution in [0.2, 0.25) is 0 Å². The maximum atomic E-state index is 5.72. The Morgan fingerprint density at radius 1 is 1.28 bits per heavy atom. The van der Waals surface area contributed by atoms with Gasteiger partial charge < -0.3 is 5.73 Å². The van der Waals surface area contributed by atoms with E-state index in [1.165, 1.54) is 23.9 Å². The van der Waals surface area contributed by atoms with E-state index >= 15 is 0 Å². The highest BCUT2D eigenvalue weighted by Crippen LogP contribution is 2.21. The molecule has 4 nitrogen and oxygen atoms in total. The Balaban J connectivity index is 1.70. The summed E-state index contributed by atoms with van der Waals surface area (Å²) in [6, 6.07) is 8.29. The van der Waals surface area contributed by atoms with Crippen molar-refractivity contribution < 1.29 is 0 Å². The average Bonchev–Trinajstić information content (AvgIpc) is 2.83. The van der Waals surface area contributed by atoms with E-state index in [9.17, 15) is 0 Å². The summed E-state index contributed by atoms with van der Waals surface area (Å²) in [5, 5.41) is 8.76. The molecule has 0 atom stereocenters. The van der Waals surface area contributed by atoms with Gasteiger partial charge in [0.25, 0.3) is 0 Å². The van der Waals surface area contributed by atoms with Crippen molar-refractivity contribution in [2.45, 2.75) is 19.4 Å². The summed E-state index contributed by atoms with van der Waals surface area (Å²) in [5.41, 5.74) is 8.02. The third-order valence-corrected chi connectivity index (χ3v) is 3.96. The molecule has 1 fully saturated rings. The van der Waals surface area contributed by atoms with Crippen LogP contribution in [0.15, 0.2) is 24.3 Å². The van der Waals surface area contributed by atoms with Crippen LogP contribution >= 0.6 is 0 Å². The number of fused-ring (bicyclic) bond motifs is 1. The Labute approximate surface area is 107 Å². The molecule has 4 heteroatoms. The molecule has 1 aliphatic heterocycles. The van der Waals surface area contributed by atoms with Gasteiger partial charge in [-0.2, -0.15) is 5.10 Å². The van der Waals surface area contributed by atoms with Gasteiger partial charge in [-0.25, -0.2) is 0 Å². The molecule has 1 aromatic carbocycles. The van der Waals surface area contributed by atoms with E-state index in [4.69, 9.17) is 5.73 Å². The lowest BCUT2D eigenvalue weighted by atomic mass is 9.97. The van der Waals surface area contributed by atoms with E-state index in [1.807, 2.05) is 6.07 Å². The Morgan fingerprint density at radius 2 is 2.06 bits per heavy atom. The zero-order chi connectivity index (χ0) is 12.4. The number of nitrogens with two attached hydrogens (primary N) is 1. The molecule has 3 rings (SSSR count). The number of para-hydroxylation sites is 1. The number of nitrogens with one attached hydrogen (secondary N) is 1. The van der Waals surface area contributed by atoms with Gasteiger partial charge >= 0.3 is 0 Å². The highest BCUT2D eigenvalue weighted by Gasteiger charge is 2.19. The Bertz CT molecular complexity index is 511. The molecule has 96 valence electrons. The SMILES string of the molecule is NCC1CCN(Cc2[nH]nc3ccccc23)CC1. The van der Waals surface area contributed by atoms with Crippen molar-refractivity contribution in [2.75, 3.05) is 19.6 Å². The van der Waals surface area contributed by atoms with Crippen LogP contribution in [0.1, 0.15) is 18.5 Å². The molecule has 0 radical (unpaired) electrons. The van der Waals surface area contributed by atoms with Crippen molar-refractivity contribution in [1.29, 1.82) is 0 Å². The van der Waals surface area contributed by atoms with Crippen molar-refractivity contribution in [3.63, 3.8) is 0 Å². The van der Waals surface area contributed by atoms with Crippen molar-refractivity contribution >= 4 is 10.9 Å². The topological polar surface area (TPSA) is 57.9 Å². The van der Waals surface area contributed by atoms with Crippen molar-refractivity contribution in [1.82, 2.24) is 15.1 Å². The predicted octanol–water partition coefficient (Wildman–Crippen LogP) is 1.73. The second kappa shape index (κ2) is 5.08. The molecule has 1 aliphatic rings. The van der Waals surface area contributed by atoms with Gasteiger partial charge in [0, 0.05) is 11.9 Å². The highest BCUT2D eigenvalue weighted by atomic mass is 15.2. The first-order chi connectivity index (χ1) is 8.86. The molecule has 18 heavy (non-hydrogen) atoms. The number of rotatable bonds is 3. The molecule has 1 saturated heterocycles. The molecular weight excluding hydrogens is 224 g/mol. The van der Waals surface area contributed by atoms with E-state index in [2.05, 4.69) is 33.3 Å². The van der Waals surface area contributed by atoms with Crippen molar-refractivity contribution in [3.05, 3.63) is 30.0 Å². The number of nitrogens with zero attached hydrogens (tertiary/aromatic N) is 2. The molecule has 1 aromatic heterocycles. The fraction of sp³-hybridized carbons (Fsp3) is 0.500. The first-order valence-electron chi connectivity index (χ1n) is 6.71. The van der Waals surface area contributed by atoms with Crippen molar-refractivity contribution in [3.8, 4) is 0 Å². The van der Waals surface area contributed by atoms with E-state index in [-0.39, 0.29) is 0 Å². The number of benzene rings is 1. The molecule has 0 aliphatic carbocycles. The Morgan fingerprint density at radius 3 is 2.83 bits per heavy atom. The molecule has 3 N–H and O–H groups in total. The van der Waals surface area contributed by atoms with E-state index < -0.39 is 0 Å². The van der Waals surface area contributed by atoms with Crippen LogP contribution in [0.25, 0.3) is 10.9 Å². The molecule has 0 bridgehead atoms. The third kappa shape index (κ3) is 2.26. The van der Waals surface area contributed by atoms with Crippen LogP contribution in [0.5, 0.6) is 0 Å². The lowest BCUT2D eigenvalue weighted by molar-refractivity contribution is 0.179. The fourth-order valence-corrected chi connectivity index (χ4v) is 2.74. The second-order valence-electron chi connectivity index (χ2n) is 5.17. The summed E-state index contributed by atoms with van der Waals surface area (Å²) in [5.74, 6) is 0.722. The van der Waals surface area contributed by atoms with Gasteiger partial charge in [0.2, 0.25) is 0 Å². The Hall–Kier alpha value is -1.39. The second-order valence-corrected chi connectivity index (χ2v) is 5.17. The predicted molar refractivity (Wildman–Crippen MR) is 73.1 cm³/mol. The van der Waals surface area contributed by atoms with Gasteiger partial charge in [0.15, 0.2) is 0 Å². The minimum atomic E-state index is 0.722. The maximum absolute atomic E-state index is 5.72. The van der Waals surface area contributed by atoms with E-state index in [1.54, 1.807) is 0 Å². The Kier molecular flexibility index (Phi) is 3.30. The molecule has 0 amide bonds. The number of aromatic amines is 1. The van der Waals surface area contributed by atoms with Crippen LogP contribution in [0, 0.1) is 5.92 Å². The van der Waals surface area contributed by atoms with Gasteiger partial charge in [0.05, 0.1) is 11.2 Å². The lowest BCUT2D eigenvalue weighted by Gasteiger charge is -2.30. The van der Waals surface area contributed by atoms with Crippen LogP contribution in [-0.2, 0) is 6.54 Å². The zero-order valence-corrected chi connectivity index (χ0v) is 10.6. The molecule has 0 spiro atoms. The summed E-state index contributed by atoms with van der Waals surface area (Å²) in [6.45, 7) is 4.10. The van der Waals surface area contributed by atoms with Gasteiger partial charge in [-0.05, 0) is 44.5 Å². The summed E-state index contributed by atoms with van der Waals surface area (Å²) in [4.78, 5) is 2.49. The van der Waals surface area contributed by atoms with E-state index in [0.717, 1.165) is 37.6 Å². The van der Waals surface area contributed by atoms with Crippen LogP contribution < -0.4 is 5.73 Å². The summed E-state index contributed by atoms with van der Waals surface area (Å²) >= 11 is 0. The quantitative estimate of drug-likeness (QED) is 0.864. The minimum Gasteiger partial charge on any atom is -0.330 e. The molecular formula is C14H20N4. The molecule has 0 unspecified atom stereocenters. The van der Waals surface area contributed by atoms with Gasteiger partial charge in [0.1, 0.15) is 0 Å². The van der Waals surface area contributed by atoms with E-state index in [0.29, 0.717) is 0 Å². The minimum absolute atomic E-state index is 0.722. The normalized spacial score (nSPS) is 18.5. The smallest absolute Gasteiger partial charge is 0.0924 e. The largest absolute Gasteiger partial charge is 0.330 e. The molecule has 0 saturated carbocycles. The summed E-state index contributed by atoms with van der Waals surface area (Å²) in [6.07, 6.45) is 2.45. The van der Waals surface area contributed by atoms with Gasteiger partial charge in [-0.15, -0.1) is 0 Å². The van der Waals surface area contributed by atoms with Gasteiger partial charge in [-0.3, -0.25) is 10.00 Å². The number of piperidine rings is 1. The standard InChI is InChI=1S/C14H20N4/c15-9-11-5-7-18(8-6-11)10-14-12-3-1-2-4-13(12)16-17-14/h1-4,11H,5-10,15H2,(H,16,17). The third-order valence-electron chi connectivity index (χ3n) is 3.96. The van der Waals surface area contributed by atoms with Gasteiger partial charge in [-0.1, -0.05) is 18.2 Å². The first kappa shape index (κ1) is 11.7. The number of hydrogen-bond acceptors (Lipinski definition) is 3. The maximum Gasteiger partial charge on any atom is 0.0924 e. The van der Waals surface area contributed by atoms with Crippen molar-refractivity contribution in [2.24, 2.45) is 11.7 Å². The number of H-pyrrole nitrogens is 1. The van der Waals surface area contributed by atoms with Crippen LogP contribution in [0.4, 0.5) is 0 Å². The number of likely N-dealkylation sites (tertiary alicyclic amines) is 1. The summed E-state index contributed by atoms with van der Waals surface area (Å²) in [7, 11) is 0. The fourth-order valence-electron chi connectivity index (χ4n) is 2.74. The summed E-state index contributed by atoms with van der Waals surface area (Å²) < 4.78 is 0. The highest BCUT2D eigenvalue weighted by molar-refractivity contribution is 5.81. The number of aromatic nitrogens is 2. The lowest BCUT2D eigenvalue weighted by Crippen LogP contribution is -2.35. The molecule has 2 aromatic rings. The zero-order valence-electron chi connectivity index (χ0n) is 10.6. The van der Waals surface area contributed by atoms with Crippen LogP contribution in [-0.4, -0.2) is 34.7 Å². The van der Waals surface area contributed by atoms with Crippen LogP contribution in [0.3, 0.4) is 0 Å².